The number of anilines is 3. The van der Waals surface area contributed by atoms with Crippen LogP contribution in [0.5, 0.6) is 0 Å². The van der Waals surface area contributed by atoms with Crippen molar-refractivity contribution in [2.24, 2.45) is 5.92 Å². The molecule has 0 fully saturated rings. The van der Waals surface area contributed by atoms with Crippen molar-refractivity contribution < 1.29 is 0 Å². The highest BCUT2D eigenvalue weighted by atomic mass is 79.9. The van der Waals surface area contributed by atoms with E-state index in [4.69, 9.17) is 0 Å². The molecule has 1 aromatic heterocycles. The molecule has 25 heavy (non-hydrogen) atoms. The SMILES string of the molecule is CC(C)CCCNc1ccc2ncnc(Nc3cccc(Br)c3)c2c1. The molecule has 2 N–H and O–H groups in total. The van der Waals surface area contributed by atoms with Crippen LogP contribution in [0.2, 0.25) is 0 Å². The molecular weight excluding hydrogens is 376 g/mol. The third-order valence-electron chi connectivity index (χ3n) is 4.01. The van der Waals surface area contributed by atoms with Gasteiger partial charge in [-0.25, -0.2) is 9.97 Å². The van der Waals surface area contributed by atoms with Crippen LogP contribution in [-0.2, 0) is 0 Å². The number of hydrogen-bond acceptors (Lipinski definition) is 4. The van der Waals surface area contributed by atoms with Gasteiger partial charge in [-0.2, -0.15) is 0 Å². The van der Waals surface area contributed by atoms with Crippen molar-refractivity contribution in [3.63, 3.8) is 0 Å². The summed E-state index contributed by atoms with van der Waals surface area (Å²) >= 11 is 3.50. The maximum absolute atomic E-state index is 4.43. The van der Waals surface area contributed by atoms with E-state index in [1.54, 1.807) is 6.33 Å². The Labute approximate surface area is 157 Å². The van der Waals surface area contributed by atoms with E-state index in [-0.39, 0.29) is 0 Å². The fourth-order valence-corrected chi connectivity index (χ4v) is 3.11. The second-order valence-corrected chi connectivity index (χ2v) is 7.47. The summed E-state index contributed by atoms with van der Waals surface area (Å²) in [6.45, 7) is 5.49. The van der Waals surface area contributed by atoms with E-state index in [1.165, 1.54) is 12.8 Å². The summed E-state index contributed by atoms with van der Waals surface area (Å²) in [5, 5.41) is 7.90. The first-order valence-corrected chi connectivity index (χ1v) is 9.42. The molecule has 0 unspecified atom stereocenters. The first kappa shape index (κ1) is 17.7. The first-order valence-electron chi connectivity index (χ1n) is 8.63. The second-order valence-electron chi connectivity index (χ2n) is 6.55. The van der Waals surface area contributed by atoms with Crippen molar-refractivity contribution in [3.8, 4) is 0 Å². The van der Waals surface area contributed by atoms with Gasteiger partial charge in [0.1, 0.15) is 12.1 Å². The molecule has 0 atom stereocenters. The molecule has 5 heteroatoms. The van der Waals surface area contributed by atoms with E-state index in [2.05, 4.69) is 62.5 Å². The minimum atomic E-state index is 0.743. The van der Waals surface area contributed by atoms with Crippen LogP contribution in [0.4, 0.5) is 17.2 Å². The maximum atomic E-state index is 4.43. The fourth-order valence-electron chi connectivity index (χ4n) is 2.71. The molecule has 0 spiro atoms. The Bertz CT molecular complexity index is 848. The van der Waals surface area contributed by atoms with Crippen molar-refractivity contribution in [2.45, 2.75) is 26.7 Å². The number of halogens is 1. The molecule has 0 aliphatic rings. The lowest BCUT2D eigenvalue weighted by Gasteiger charge is -2.11. The molecular formula is C20H23BrN4. The zero-order valence-corrected chi connectivity index (χ0v) is 16.2. The third kappa shape index (κ3) is 4.92. The summed E-state index contributed by atoms with van der Waals surface area (Å²) in [7, 11) is 0. The van der Waals surface area contributed by atoms with Crippen molar-refractivity contribution >= 4 is 44.0 Å². The molecule has 0 bridgehead atoms. The van der Waals surface area contributed by atoms with Gasteiger partial charge in [-0.05, 0) is 55.2 Å². The minimum Gasteiger partial charge on any atom is -0.385 e. The van der Waals surface area contributed by atoms with Crippen molar-refractivity contribution in [3.05, 3.63) is 53.3 Å². The van der Waals surface area contributed by atoms with Gasteiger partial charge < -0.3 is 10.6 Å². The Balaban J connectivity index is 1.80. The predicted molar refractivity (Wildman–Crippen MR) is 110 cm³/mol. The van der Waals surface area contributed by atoms with Gasteiger partial charge in [0.2, 0.25) is 0 Å². The highest BCUT2D eigenvalue weighted by Gasteiger charge is 2.06. The molecule has 0 saturated heterocycles. The highest BCUT2D eigenvalue weighted by Crippen LogP contribution is 2.27. The monoisotopic (exact) mass is 398 g/mol. The van der Waals surface area contributed by atoms with E-state index in [9.17, 15) is 0 Å². The molecule has 0 radical (unpaired) electrons. The largest absolute Gasteiger partial charge is 0.385 e. The summed E-state index contributed by atoms with van der Waals surface area (Å²) in [6, 6.07) is 14.3. The Kier molecular flexibility index (Phi) is 5.87. The van der Waals surface area contributed by atoms with Gasteiger partial charge in [-0.3, -0.25) is 0 Å². The lowest BCUT2D eigenvalue weighted by molar-refractivity contribution is 0.567. The van der Waals surface area contributed by atoms with Crippen LogP contribution in [0.25, 0.3) is 10.9 Å². The van der Waals surface area contributed by atoms with Gasteiger partial charge in [-0.15, -0.1) is 0 Å². The van der Waals surface area contributed by atoms with Crippen LogP contribution in [0, 0.1) is 5.92 Å². The van der Waals surface area contributed by atoms with Crippen LogP contribution in [0.1, 0.15) is 26.7 Å². The summed E-state index contributed by atoms with van der Waals surface area (Å²) in [4.78, 5) is 8.80. The number of rotatable bonds is 7. The fraction of sp³-hybridized carbons (Fsp3) is 0.300. The van der Waals surface area contributed by atoms with Crippen molar-refractivity contribution in [2.75, 3.05) is 17.2 Å². The van der Waals surface area contributed by atoms with E-state index < -0.39 is 0 Å². The van der Waals surface area contributed by atoms with Gasteiger partial charge in [0.15, 0.2) is 0 Å². The summed E-state index contributed by atoms with van der Waals surface area (Å²) < 4.78 is 1.03. The Morgan fingerprint density at radius 2 is 1.92 bits per heavy atom. The average molecular weight is 399 g/mol. The van der Waals surface area contributed by atoms with Gasteiger partial charge in [0, 0.05) is 27.8 Å². The van der Waals surface area contributed by atoms with Gasteiger partial charge in [0.05, 0.1) is 5.52 Å². The van der Waals surface area contributed by atoms with Crippen LogP contribution in [0.3, 0.4) is 0 Å². The highest BCUT2D eigenvalue weighted by molar-refractivity contribution is 9.10. The second kappa shape index (κ2) is 8.30. The van der Waals surface area contributed by atoms with Crippen molar-refractivity contribution in [1.29, 1.82) is 0 Å². The van der Waals surface area contributed by atoms with Crippen LogP contribution in [0.15, 0.2) is 53.3 Å². The van der Waals surface area contributed by atoms with Crippen LogP contribution in [-0.4, -0.2) is 16.5 Å². The van der Waals surface area contributed by atoms with Crippen LogP contribution >= 0.6 is 15.9 Å². The molecule has 1 heterocycles. The molecule has 2 aromatic carbocycles. The zero-order valence-electron chi connectivity index (χ0n) is 14.6. The molecule has 3 rings (SSSR count). The number of fused-ring (bicyclic) bond motifs is 1. The Hall–Kier alpha value is -2.14. The molecule has 0 amide bonds. The molecule has 0 aliphatic carbocycles. The number of nitrogens with zero attached hydrogens (tertiary/aromatic N) is 2. The zero-order chi connectivity index (χ0) is 17.6. The van der Waals surface area contributed by atoms with E-state index >= 15 is 0 Å². The molecule has 0 aliphatic heterocycles. The minimum absolute atomic E-state index is 0.743. The Morgan fingerprint density at radius 1 is 1.04 bits per heavy atom. The predicted octanol–water partition coefficient (Wildman–Crippen LogP) is 5.98. The summed E-state index contributed by atoms with van der Waals surface area (Å²) in [5.74, 6) is 1.56. The summed E-state index contributed by atoms with van der Waals surface area (Å²) in [6.07, 6.45) is 4.00. The number of benzene rings is 2. The lowest BCUT2D eigenvalue weighted by atomic mass is 10.1. The first-order chi connectivity index (χ1) is 12.1. The topological polar surface area (TPSA) is 49.8 Å². The normalized spacial score (nSPS) is 11.0. The standard InChI is InChI=1S/C20H23BrN4/c1-14(2)5-4-10-22-16-8-9-19-18(12-16)20(24-13-23-19)25-17-7-3-6-15(21)11-17/h3,6-9,11-14,22H,4-5,10H2,1-2H3,(H,23,24,25). The van der Waals surface area contributed by atoms with E-state index in [0.717, 1.165) is 45.0 Å². The Morgan fingerprint density at radius 3 is 2.72 bits per heavy atom. The van der Waals surface area contributed by atoms with Gasteiger partial charge in [-0.1, -0.05) is 35.8 Å². The molecule has 0 saturated carbocycles. The lowest BCUT2D eigenvalue weighted by Crippen LogP contribution is -2.03. The number of nitrogens with one attached hydrogen (secondary N) is 2. The smallest absolute Gasteiger partial charge is 0.141 e. The molecule has 4 nitrogen and oxygen atoms in total. The molecule has 3 aromatic rings. The van der Waals surface area contributed by atoms with Gasteiger partial charge in [0.25, 0.3) is 0 Å². The quantitative estimate of drug-likeness (QED) is 0.480. The number of aromatic nitrogens is 2. The molecule has 130 valence electrons. The van der Waals surface area contributed by atoms with Crippen molar-refractivity contribution in [1.82, 2.24) is 9.97 Å². The average Bonchev–Trinajstić information content (AvgIpc) is 2.59. The third-order valence-corrected chi connectivity index (χ3v) is 4.50. The van der Waals surface area contributed by atoms with Gasteiger partial charge >= 0.3 is 0 Å². The van der Waals surface area contributed by atoms with E-state index in [0.29, 0.717) is 0 Å². The maximum Gasteiger partial charge on any atom is 0.141 e. The number of hydrogen-bond donors (Lipinski definition) is 2. The van der Waals surface area contributed by atoms with E-state index in [1.807, 2.05) is 30.3 Å². The summed E-state index contributed by atoms with van der Waals surface area (Å²) in [5.41, 5.74) is 3.02. The van der Waals surface area contributed by atoms with Crippen LogP contribution < -0.4 is 10.6 Å².